The number of carbonyl (C=O) groups excluding carboxylic acids is 1. The zero-order valence-electron chi connectivity index (χ0n) is 13.5. The molecule has 1 fully saturated rings. The van der Waals surface area contributed by atoms with Gasteiger partial charge in [-0.2, -0.15) is 0 Å². The molecule has 116 valence electrons. The fourth-order valence-corrected chi connectivity index (χ4v) is 1.48. The summed E-state index contributed by atoms with van der Waals surface area (Å²) in [6.45, 7) is 18.7. The van der Waals surface area contributed by atoms with Gasteiger partial charge in [0.05, 0.1) is 0 Å². The highest BCUT2D eigenvalue weighted by Crippen LogP contribution is 2.16. The van der Waals surface area contributed by atoms with Crippen molar-refractivity contribution in [1.29, 1.82) is 0 Å². The largest absolute Gasteiger partial charge is 0.483 e. The fraction of sp³-hybridized carbons (Fsp3) is 0.733. The highest BCUT2D eigenvalue weighted by atomic mass is 16.3. The number of nitrogens with one attached hydrogen (secondary N) is 1. The molecule has 0 bridgehead atoms. The third-order valence-electron chi connectivity index (χ3n) is 2.20. The average molecular weight is 275 g/mol. The van der Waals surface area contributed by atoms with Gasteiger partial charge in [-0.05, 0) is 25.8 Å². The summed E-state index contributed by atoms with van der Waals surface area (Å²) < 4.78 is 0. The van der Waals surface area contributed by atoms with Gasteiger partial charge in [0.25, 0.3) is 6.47 Å². The minimum absolute atomic E-state index is 0.250. The molecule has 1 saturated heterocycles. The maximum Gasteiger partial charge on any atom is 0.290 e. The quantitative estimate of drug-likeness (QED) is 0.598. The Morgan fingerprint density at radius 1 is 1.32 bits per heavy atom. The summed E-state index contributed by atoms with van der Waals surface area (Å²) >= 11 is 0. The summed E-state index contributed by atoms with van der Waals surface area (Å²) in [5, 5.41) is 10.2. The van der Waals surface area contributed by atoms with Gasteiger partial charge in [0.1, 0.15) is 5.78 Å². The number of carbonyl (C=O) groups is 2. The summed E-state index contributed by atoms with van der Waals surface area (Å²) in [5.74, 6) is 0.982. The molecule has 0 saturated carbocycles. The second kappa shape index (κ2) is 25.6. The molecule has 2 unspecified atom stereocenters. The molecule has 0 aromatic heterocycles. The molecule has 1 rings (SSSR count). The molecule has 2 N–H and O–H groups in total. The van der Waals surface area contributed by atoms with Crippen molar-refractivity contribution in [2.45, 2.75) is 60.4 Å². The normalized spacial score (nSPS) is 18.6. The number of hydrogen-bond acceptors (Lipinski definition) is 3. The van der Waals surface area contributed by atoms with Crippen molar-refractivity contribution in [2.24, 2.45) is 5.92 Å². The summed E-state index contributed by atoms with van der Waals surface area (Å²) in [5.41, 5.74) is 0. The van der Waals surface area contributed by atoms with Gasteiger partial charge in [0.2, 0.25) is 0 Å². The van der Waals surface area contributed by atoms with E-state index in [1.54, 1.807) is 6.92 Å². The second-order valence-corrected chi connectivity index (χ2v) is 3.34. The van der Waals surface area contributed by atoms with E-state index >= 15 is 0 Å². The molecule has 4 nitrogen and oxygen atoms in total. The zero-order chi connectivity index (χ0) is 16.3. The van der Waals surface area contributed by atoms with Crippen LogP contribution in [0, 0.1) is 5.92 Å². The fourth-order valence-electron chi connectivity index (χ4n) is 1.48. The summed E-state index contributed by atoms with van der Waals surface area (Å²) in [6, 6.07) is 0.456. The second-order valence-electron chi connectivity index (χ2n) is 3.34. The highest BCUT2D eigenvalue weighted by Gasteiger charge is 2.23. The number of carboxylic acid groups (broad SMARTS) is 1. The van der Waals surface area contributed by atoms with E-state index in [1.807, 2.05) is 27.7 Å². The van der Waals surface area contributed by atoms with Gasteiger partial charge in [-0.1, -0.05) is 34.6 Å². The van der Waals surface area contributed by atoms with Crippen LogP contribution in [-0.4, -0.2) is 29.9 Å². The molecular weight excluding hydrogens is 242 g/mol. The van der Waals surface area contributed by atoms with Crippen LogP contribution in [0.2, 0.25) is 0 Å². The van der Waals surface area contributed by atoms with Gasteiger partial charge < -0.3 is 10.4 Å². The molecule has 2 atom stereocenters. The van der Waals surface area contributed by atoms with Gasteiger partial charge >= 0.3 is 0 Å². The predicted octanol–water partition coefficient (Wildman–Crippen LogP) is 3.52. The van der Waals surface area contributed by atoms with Gasteiger partial charge in [0.15, 0.2) is 0 Å². The van der Waals surface area contributed by atoms with Crippen molar-refractivity contribution >= 4 is 12.3 Å². The van der Waals surface area contributed by atoms with E-state index in [0.717, 1.165) is 6.54 Å². The number of rotatable bonds is 2. The van der Waals surface area contributed by atoms with Gasteiger partial charge in [-0.15, -0.1) is 13.2 Å². The first-order valence-electron chi connectivity index (χ1n) is 6.92. The Labute approximate surface area is 119 Å². The molecule has 1 aliphatic heterocycles. The Balaban J connectivity index is -0.000000106. The minimum atomic E-state index is -0.250. The number of ketones is 1. The van der Waals surface area contributed by atoms with Crippen LogP contribution in [0.4, 0.5) is 0 Å². The third kappa shape index (κ3) is 22.5. The summed E-state index contributed by atoms with van der Waals surface area (Å²) in [6.07, 6.45) is 1.93. The Kier molecular flexibility index (Phi) is 35.6. The SMILES string of the molecule is C=C.CC.CC.CC(=O)CC1NCCC1C.O=CO. The topological polar surface area (TPSA) is 66.4 Å². The van der Waals surface area contributed by atoms with Crippen molar-refractivity contribution in [2.75, 3.05) is 6.54 Å². The zero-order valence-corrected chi connectivity index (χ0v) is 13.5. The monoisotopic (exact) mass is 275 g/mol. The first-order chi connectivity index (χ1) is 9.11. The summed E-state index contributed by atoms with van der Waals surface area (Å²) in [4.78, 5) is 19.1. The molecule has 1 heterocycles. The predicted molar refractivity (Wildman–Crippen MR) is 83.5 cm³/mol. The standard InChI is InChI=1S/C8H15NO.2C2H6.C2H4.CH2O2/c1-6-3-4-9-8(6)5-7(2)10;3*1-2;2-1-3/h6,8-9H,3-5H2,1-2H3;2*1-2H3;1-2H2;1H,(H,2,3). The van der Waals surface area contributed by atoms with E-state index in [9.17, 15) is 4.79 Å². The van der Waals surface area contributed by atoms with Crippen LogP contribution >= 0.6 is 0 Å². The maximum absolute atomic E-state index is 10.7. The van der Waals surface area contributed by atoms with E-state index in [0.29, 0.717) is 24.2 Å². The summed E-state index contributed by atoms with van der Waals surface area (Å²) in [7, 11) is 0. The van der Waals surface area contributed by atoms with Crippen molar-refractivity contribution in [3.8, 4) is 0 Å². The van der Waals surface area contributed by atoms with Crippen molar-refractivity contribution < 1.29 is 14.7 Å². The molecule has 19 heavy (non-hydrogen) atoms. The van der Waals surface area contributed by atoms with Crippen LogP contribution in [0.25, 0.3) is 0 Å². The van der Waals surface area contributed by atoms with Gasteiger partial charge in [-0.25, -0.2) is 0 Å². The smallest absolute Gasteiger partial charge is 0.290 e. The van der Waals surface area contributed by atoms with Crippen molar-refractivity contribution in [3.63, 3.8) is 0 Å². The molecular formula is C15H33NO3. The van der Waals surface area contributed by atoms with Gasteiger partial charge in [-0.3, -0.25) is 9.59 Å². The molecule has 1 aliphatic rings. The van der Waals surface area contributed by atoms with E-state index in [1.165, 1.54) is 6.42 Å². The minimum Gasteiger partial charge on any atom is -0.483 e. The van der Waals surface area contributed by atoms with E-state index < -0.39 is 0 Å². The van der Waals surface area contributed by atoms with E-state index in [-0.39, 0.29) is 6.47 Å². The Morgan fingerprint density at radius 3 is 1.89 bits per heavy atom. The van der Waals surface area contributed by atoms with E-state index in [4.69, 9.17) is 9.90 Å². The van der Waals surface area contributed by atoms with Crippen molar-refractivity contribution in [3.05, 3.63) is 13.2 Å². The Hall–Kier alpha value is -1.16. The lowest BCUT2D eigenvalue weighted by atomic mass is 9.99. The molecule has 0 aliphatic carbocycles. The lowest BCUT2D eigenvalue weighted by Gasteiger charge is -2.12. The van der Waals surface area contributed by atoms with Crippen LogP contribution in [0.15, 0.2) is 13.2 Å². The van der Waals surface area contributed by atoms with Crippen LogP contribution in [-0.2, 0) is 9.59 Å². The molecule has 0 spiro atoms. The number of hydrogen-bond donors (Lipinski definition) is 2. The molecule has 0 aromatic rings. The lowest BCUT2D eigenvalue weighted by Crippen LogP contribution is -2.27. The van der Waals surface area contributed by atoms with E-state index in [2.05, 4.69) is 25.4 Å². The average Bonchev–Trinajstić information content (AvgIpc) is 2.82. The van der Waals surface area contributed by atoms with Crippen LogP contribution in [0.3, 0.4) is 0 Å². The van der Waals surface area contributed by atoms with Gasteiger partial charge in [0, 0.05) is 12.5 Å². The highest BCUT2D eigenvalue weighted by molar-refractivity contribution is 5.76. The third-order valence-corrected chi connectivity index (χ3v) is 2.20. The van der Waals surface area contributed by atoms with Crippen LogP contribution in [0.1, 0.15) is 54.4 Å². The Morgan fingerprint density at radius 2 is 1.68 bits per heavy atom. The van der Waals surface area contributed by atoms with Crippen molar-refractivity contribution in [1.82, 2.24) is 5.32 Å². The molecule has 0 radical (unpaired) electrons. The number of Topliss-reactive ketones (excluding diaryl/α,β-unsaturated/α-hetero) is 1. The molecule has 0 amide bonds. The molecule has 0 aromatic carbocycles. The van der Waals surface area contributed by atoms with Crippen LogP contribution < -0.4 is 5.32 Å². The molecule has 4 heteroatoms. The maximum atomic E-state index is 10.7. The van der Waals surface area contributed by atoms with Crippen LogP contribution in [0.5, 0.6) is 0 Å². The Bertz CT molecular complexity index is 184. The lowest BCUT2D eigenvalue weighted by molar-refractivity contribution is -0.123. The first kappa shape index (κ1) is 26.4. The first-order valence-corrected chi connectivity index (χ1v) is 6.92.